The van der Waals surface area contributed by atoms with Crippen LogP contribution in [0.2, 0.25) is 0 Å². The molecule has 0 radical (unpaired) electrons. The van der Waals surface area contributed by atoms with Crippen molar-refractivity contribution in [3.63, 3.8) is 0 Å². The lowest BCUT2D eigenvalue weighted by Crippen LogP contribution is -2.28. The summed E-state index contributed by atoms with van der Waals surface area (Å²) in [5, 5.41) is 4.45. The molecular weight excluding hydrogens is 306 g/mol. The van der Waals surface area contributed by atoms with Gasteiger partial charge in [0.05, 0.1) is 17.3 Å². The van der Waals surface area contributed by atoms with Crippen LogP contribution in [0.25, 0.3) is 0 Å². The summed E-state index contributed by atoms with van der Waals surface area (Å²) in [6.45, 7) is 1.94. The van der Waals surface area contributed by atoms with E-state index in [9.17, 15) is 4.79 Å². The Labute approximate surface area is 141 Å². The van der Waals surface area contributed by atoms with Crippen LogP contribution in [-0.2, 0) is 0 Å². The van der Waals surface area contributed by atoms with Gasteiger partial charge in [-0.15, -0.1) is 11.8 Å². The average Bonchev–Trinajstić information content (AvgIpc) is 3.09. The highest BCUT2D eigenvalue weighted by Crippen LogP contribution is 2.35. The highest BCUT2D eigenvalue weighted by Gasteiger charge is 2.21. The molecule has 1 atom stereocenters. The number of carbonyl (C=O) groups is 1. The molecule has 1 N–H and O–H groups in total. The van der Waals surface area contributed by atoms with Gasteiger partial charge in [0, 0.05) is 17.6 Å². The normalized spacial score (nSPS) is 16.2. The molecule has 0 aliphatic heterocycles. The van der Waals surface area contributed by atoms with Crippen molar-refractivity contribution in [1.82, 2.24) is 15.3 Å². The van der Waals surface area contributed by atoms with Crippen LogP contribution in [-0.4, -0.2) is 21.1 Å². The Morgan fingerprint density at radius 2 is 1.96 bits per heavy atom. The Balaban J connectivity index is 1.71. The summed E-state index contributed by atoms with van der Waals surface area (Å²) in [5.74, 6) is -0.0863. The maximum absolute atomic E-state index is 12.6. The Hall–Kier alpha value is -1.88. The zero-order valence-corrected chi connectivity index (χ0v) is 14.1. The van der Waals surface area contributed by atoms with E-state index in [1.807, 2.05) is 37.3 Å². The Morgan fingerprint density at radius 3 is 2.70 bits per heavy atom. The molecule has 2 heterocycles. The summed E-state index contributed by atoms with van der Waals surface area (Å²) in [4.78, 5) is 21.4. The summed E-state index contributed by atoms with van der Waals surface area (Å²) < 4.78 is 0. The van der Waals surface area contributed by atoms with E-state index in [1.165, 1.54) is 25.7 Å². The third-order valence-electron chi connectivity index (χ3n) is 4.08. The van der Waals surface area contributed by atoms with Gasteiger partial charge in [-0.25, -0.2) is 4.98 Å². The van der Waals surface area contributed by atoms with Gasteiger partial charge in [-0.05, 0) is 44.0 Å². The molecule has 3 rings (SSSR count). The van der Waals surface area contributed by atoms with Gasteiger partial charge in [0.1, 0.15) is 5.03 Å². The lowest BCUT2D eigenvalue weighted by atomic mass is 10.2. The number of rotatable bonds is 5. The van der Waals surface area contributed by atoms with Gasteiger partial charge in [-0.3, -0.25) is 9.78 Å². The average molecular weight is 327 g/mol. The number of hydrogen-bond donors (Lipinski definition) is 1. The molecular formula is C18H21N3OS. The summed E-state index contributed by atoms with van der Waals surface area (Å²) in [5.41, 5.74) is 1.52. The molecule has 0 saturated heterocycles. The topological polar surface area (TPSA) is 54.9 Å². The van der Waals surface area contributed by atoms with E-state index in [0.717, 1.165) is 10.7 Å². The van der Waals surface area contributed by atoms with Crippen molar-refractivity contribution < 1.29 is 4.79 Å². The van der Waals surface area contributed by atoms with Crippen molar-refractivity contribution >= 4 is 17.7 Å². The first kappa shape index (κ1) is 16.0. The number of carbonyl (C=O) groups excluding carboxylic acids is 1. The van der Waals surface area contributed by atoms with Crippen LogP contribution in [0.4, 0.5) is 0 Å². The monoisotopic (exact) mass is 327 g/mol. The second kappa shape index (κ2) is 7.59. The summed E-state index contributed by atoms with van der Waals surface area (Å²) in [6, 6.07) is 9.26. The molecule has 2 aromatic rings. The van der Waals surface area contributed by atoms with Crippen LogP contribution in [0.5, 0.6) is 0 Å². The quantitative estimate of drug-likeness (QED) is 0.902. The van der Waals surface area contributed by atoms with Crippen LogP contribution in [0.15, 0.2) is 47.8 Å². The smallest absolute Gasteiger partial charge is 0.254 e. The molecule has 1 aliphatic carbocycles. The minimum Gasteiger partial charge on any atom is -0.344 e. The number of aromatic nitrogens is 2. The van der Waals surface area contributed by atoms with E-state index in [0.29, 0.717) is 10.8 Å². The minimum absolute atomic E-state index is 0.0863. The number of nitrogens with zero attached hydrogens (tertiary/aromatic N) is 2. The zero-order chi connectivity index (χ0) is 16.1. The third-order valence-corrected chi connectivity index (χ3v) is 5.43. The molecule has 120 valence electrons. The van der Waals surface area contributed by atoms with E-state index < -0.39 is 0 Å². The third kappa shape index (κ3) is 4.10. The predicted molar refractivity (Wildman–Crippen MR) is 92.5 cm³/mol. The van der Waals surface area contributed by atoms with E-state index in [-0.39, 0.29) is 11.9 Å². The maximum Gasteiger partial charge on any atom is 0.254 e. The highest BCUT2D eigenvalue weighted by atomic mass is 32.2. The number of pyridine rings is 2. The standard InChI is InChI=1S/C18H21N3OS/c1-13(16-10-4-5-11-19-16)21-17(22)15-9-6-12-20-18(15)23-14-7-2-3-8-14/h4-6,9-14H,2-3,7-8H2,1H3,(H,21,22)/t13-/m0/s1. The maximum atomic E-state index is 12.6. The Morgan fingerprint density at radius 1 is 1.17 bits per heavy atom. The van der Waals surface area contributed by atoms with Crippen LogP contribution in [0.1, 0.15) is 54.7 Å². The van der Waals surface area contributed by atoms with Gasteiger partial charge in [-0.2, -0.15) is 0 Å². The summed E-state index contributed by atoms with van der Waals surface area (Å²) >= 11 is 1.74. The van der Waals surface area contributed by atoms with Crippen LogP contribution in [0.3, 0.4) is 0 Å². The van der Waals surface area contributed by atoms with Crippen molar-refractivity contribution in [2.45, 2.75) is 48.9 Å². The first-order valence-electron chi connectivity index (χ1n) is 8.07. The largest absolute Gasteiger partial charge is 0.344 e. The van der Waals surface area contributed by atoms with Gasteiger partial charge in [0.25, 0.3) is 5.91 Å². The van der Waals surface area contributed by atoms with Crippen LogP contribution < -0.4 is 5.32 Å². The molecule has 1 fully saturated rings. The molecule has 0 spiro atoms. The lowest BCUT2D eigenvalue weighted by Gasteiger charge is -2.15. The number of thioether (sulfide) groups is 1. The minimum atomic E-state index is -0.131. The molecule has 0 aromatic carbocycles. The first-order chi connectivity index (χ1) is 11.2. The lowest BCUT2D eigenvalue weighted by molar-refractivity contribution is 0.0935. The first-order valence-corrected chi connectivity index (χ1v) is 8.95. The van der Waals surface area contributed by atoms with E-state index in [2.05, 4.69) is 15.3 Å². The van der Waals surface area contributed by atoms with Crippen molar-refractivity contribution in [2.75, 3.05) is 0 Å². The van der Waals surface area contributed by atoms with Gasteiger partial charge in [-0.1, -0.05) is 18.9 Å². The van der Waals surface area contributed by atoms with Crippen LogP contribution in [0, 0.1) is 0 Å². The number of nitrogens with one attached hydrogen (secondary N) is 1. The van der Waals surface area contributed by atoms with Gasteiger partial charge in [0.15, 0.2) is 0 Å². The highest BCUT2D eigenvalue weighted by molar-refractivity contribution is 7.99. The zero-order valence-electron chi connectivity index (χ0n) is 13.2. The number of amides is 1. The van der Waals surface area contributed by atoms with Gasteiger partial charge < -0.3 is 5.32 Å². The van der Waals surface area contributed by atoms with E-state index >= 15 is 0 Å². The number of hydrogen-bond acceptors (Lipinski definition) is 4. The fraction of sp³-hybridized carbons (Fsp3) is 0.389. The second-order valence-corrected chi connectivity index (χ2v) is 7.12. The molecule has 5 heteroatoms. The fourth-order valence-corrected chi connectivity index (χ4v) is 4.10. The molecule has 4 nitrogen and oxygen atoms in total. The molecule has 0 unspecified atom stereocenters. The predicted octanol–water partition coefficient (Wildman–Crippen LogP) is 4.00. The molecule has 1 saturated carbocycles. The SMILES string of the molecule is C[C@H](NC(=O)c1cccnc1SC1CCCC1)c1ccccn1. The summed E-state index contributed by atoms with van der Waals surface area (Å²) in [6.07, 6.45) is 8.49. The molecule has 23 heavy (non-hydrogen) atoms. The van der Waals surface area contributed by atoms with Crippen molar-refractivity contribution in [3.8, 4) is 0 Å². The molecule has 2 aromatic heterocycles. The Kier molecular flexibility index (Phi) is 5.28. The second-order valence-electron chi connectivity index (χ2n) is 5.83. The molecule has 1 aliphatic rings. The van der Waals surface area contributed by atoms with E-state index in [4.69, 9.17) is 0 Å². The summed E-state index contributed by atoms with van der Waals surface area (Å²) in [7, 11) is 0. The van der Waals surface area contributed by atoms with Gasteiger partial charge >= 0.3 is 0 Å². The van der Waals surface area contributed by atoms with Crippen molar-refractivity contribution in [1.29, 1.82) is 0 Å². The molecule has 1 amide bonds. The van der Waals surface area contributed by atoms with Crippen molar-refractivity contribution in [2.24, 2.45) is 0 Å². The molecule has 0 bridgehead atoms. The van der Waals surface area contributed by atoms with E-state index in [1.54, 1.807) is 24.2 Å². The van der Waals surface area contributed by atoms with Crippen molar-refractivity contribution in [3.05, 3.63) is 54.0 Å². The Bertz CT molecular complexity index is 656. The fourth-order valence-electron chi connectivity index (χ4n) is 2.80. The van der Waals surface area contributed by atoms with Crippen LogP contribution >= 0.6 is 11.8 Å². The van der Waals surface area contributed by atoms with Gasteiger partial charge in [0.2, 0.25) is 0 Å².